The SMILES string of the molecule is c1ccc(C2CCNCC2c2ccccc2)cc1. The zero-order chi connectivity index (χ0) is 12.2. The molecule has 92 valence electrons. The van der Waals surface area contributed by atoms with Crippen molar-refractivity contribution in [3.05, 3.63) is 71.8 Å². The maximum Gasteiger partial charge on any atom is 0.00326 e. The van der Waals surface area contributed by atoms with Crippen LogP contribution >= 0.6 is 0 Å². The van der Waals surface area contributed by atoms with Gasteiger partial charge in [0.1, 0.15) is 0 Å². The molecule has 1 aliphatic heterocycles. The first-order chi connectivity index (χ1) is 8.95. The van der Waals surface area contributed by atoms with E-state index in [1.165, 1.54) is 17.5 Å². The second-order valence-corrected chi connectivity index (χ2v) is 5.03. The number of hydrogen-bond donors (Lipinski definition) is 1. The van der Waals surface area contributed by atoms with Crippen LogP contribution in [0.1, 0.15) is 29.4 Å². The van der Waals surface area contributed by atoms with Gasteiger partial charge in [-0.2, -0.15) is 0 Å². The summed E-state index contributed by atoms with van der Waals surface area (Å²) in [6, 6.07) is 21.8. The summed E-state index contributed by atoms with van der Waals surface area (Å²) in [5.74, 6) is 1.25. The molecular weight excluding hydrogens is 218 g/mol. The van der Waals surface area contributed by atoms with Crippen LogP contribution in [0.3, 0.4) is 0 Å². The van der Waals surface area contributed by atoms with Gasteiger partial charge < -0.3 is 5.32 Å². The Bertz CT molecular complexity index is 430. The summed E-state index contributed by atoms with van der Waals surface area (Å²) in [6.07, 6.45) is 1.23. The van der Waals surface area contributed by atoms with Gasteiger partial charge in [0.25, 0.3) is 0 Å². The third-order valence-corrected chi connectivity index (χ3v) is 3.94. The van der Waals surface area contributed by atoms with E-state index in [4.69, 9.17) is 0 Å². The molecule has 0 amide bonds. The number of benzene rings is 2. The molecule has 1 aliphatic rings. The fourth-order valence-electron chi connectivity index (χ4n) is 3.01. The van der Waals surface area contributed by atoms with Crippen LogP contribution in [0.4, 0.5) is 0 Å². The molecule has 1 saturated heterocycles. The van der Waals surface area contributed by atoms with Gasteiger partial charge in [-0.3, -0.25) is 0 Å². The summed E-state index contributed by atoms with van der Waals surface area (Å²) in [6.45, 7) is 2.21. The molecule has 3 rings (SSSR count). The molecule has 1 N–H and O–H groups in total. The minimum atomic E-state index is 0.599. The van der Waals surface area contributed by atoms with Crippen molar-refractivity contribution >= 4 is 0 Å². The second-order valence-electron chi connectivity index (χ2n) is 5.03. The van der Waals surface area contributed by atoms with E-state index in [1.54, 1.807) is 0 Å². The number of hydrogen-bond acceptors (Lipinski definition) is 1. The monoisotopic (exact) mass is 237 g/mol. The van der Waals surface area contributed by atoms with Crippen LogP contribution in [0, 0.1) is 0 Å². The topological polar surface area (TPSA) is 12.0 Å². The van der Waals surface area contributed by atoms with Crippen molar-refractivity contribution < 1.29 is 0 Å². The Morgan fingerprint density at radius 1 is 0.722 bits per heavy atom. The smallest absolute Gasteiger partial charge is 0.00326 e. The van der Waals surface area contributed by atoms with Crippen molar-refractivity contribution in [1.29, 1.82) is 0 Å². The molecule has 0 bridgehead atoms. The summed E-state index contributed by atoms with van der Waals surface area (Å²) >= 11 is 0. The Morgan fingerprint density at radius 3 is 1.89 bits per heavy atom. The Kier molecular flexibility index (Phi) is 3.42. The van der Waals surface area contributed by atoms with Crippen molar-refractivity contribution in [2.75, 3.05) is 13.1 Å². The van der Waals surface area contributed by atoms with Gasteiger partial charge in [-0.15, -0.1) is 0 Å². The summed E-state index contributed by atoms with van der Waals surface area (Å²) in [5, 5.41) is 3.53. The fraction of sp³-hybridized carbons (Fsp3) is 0.294. The second kappa shape index (κ2) is 5.36. The van der Waals surface area contributed by atoms with Gasteiger partial charge in [0, 0.05) is 12.5 Å². The van der Waals surface area contributed by atoms with E-state index in [-0.39, 0.29) is 0 Å². The van der Waals surface area contributed by atoms with Crippen LogP contribution in [-0.2, 0) is 0 Å². The highest BCUT2D eigenvalue weighted by Crippen LogP contribution is 2.36. The van der Waals surface area contributed by atoms with Crippen molar-refractivity contribution in [2.45, 2.75) is 18.3 Å². The number of nitrogens with one attached hydrogen (secondary N) is 1. The fourth-order valence-corrected chi connectivity index (χ4v) is 3.01. The van der Waals surface area contributed by atoms with Gasteiger partial charge in [0.15, 0.2) is 0 Å². The van der Waals surface area contributed by atoms with Gasteiger partial charge in [0.2, 0.25) is 0 Å². The highest BCUT2D eigenvalue weighted by molar-refractivity contribution is 5.29. The third-order valence-electron chi connectivity index (χ3n) is 3.94. The minimum absolute atomic E-state index is 0.599. The van der Waals surface area contributed by atoms with E-state index < -0.39 is 0 Å². The lowest BCUT2D eigenvalue weighted by atomic mass is 9.77. The van der Waals surface area contributed by atoms with Crippen molar-refractivity contribution in [3.63, 3.8) is 0 Å². The van der Waals surface area contributed by atoms with E-state index in [2.05, 4.69) is 66.0 Å². The average Bonchev–Trinajstić information content (AvgIpc) is 2.49. The Morgan fingerprint density at radius 2 is 1.28 bits per heavy atom. The molecule has 18 heavy (non-hydrogen) atoms. The van der Waals surface area contributed by atoms with E-state index in [9.17, 15) is 0 Å². The predicted molar refractivity (Wildman–Crippen MR) is 75.9 cm³/mol. The Hall–Kier alpha value is -1.60. The molecule has 2 unspecified atom stereocenters. The van der Waals surface area contributed by atoms with Gasteiger partial charge in [0.05, 0.1) is 0 Å². The lowest BCUT2D eigenvalue weighted by Gasteiger charge is -2.33. The first-order valence-corrected chi connectivity index (χ1v) is 6.76. The zero-order valence-corrected chi connectivity index (χ0v) is 10.5. The molecule has 1 nitrogen and oxygen atoms in total. The molecule has 1 heteroatoms. The number of rotatable bonds is 2. The van der Waals surface area contributed by atoms with Crippen LogP contribution in [0.25, 0.3) is 0 Å². The Balaban J connectivity index is 1.92. The first-order valence-electron chi connectivity index (χ1n) is 6.76. The summed E-state index contributed by atoms with van der Waals surface area (Å²) in [4.78, 5) is 0. The molecule has 0 spiro atoms. The molecule has 0 aliphatic carbocycles. The van der Waals surface area contributed by atoms with Crippen molar-refractivity contribution in [2.24, 2.45) is 0 Å². The largest absolute Gasteiger partial charge is 0.316 e. The van der Waals surface area contributed by atoms with Crippen LogP contribution in [0.5, 0.6) is 0 Å². The zero-order valence-electron chi connectivity index (χ0n) is 10.5. The van der Waals surface area contributed by atoms with Gasteiger partial charge in [-0.1, -0.05) is 60.7 Å². The standard InChI is InChI=1S/C17H19N/c1-3-7-14(8-4-1)16-11-12-18-13-17(16)15-9-5-2-6-10-15/h1-10,16-18H,11-13H2. The van der Waals surface area contributed by atoms with E-state index in [0.717, 1.165) is 13.1 Å². The summed E-state index contributed by atoms with van der Waals surface area (Å²) in [7, 11) is 0. The molecule has 2 aromatic carbocycles. The van der Waals surface area contributed by atoms with Crippen LogP contribution < -0.4 is 5.32 Å². The molecule has 2 aromatic rings. The normalized spacial score (nSPS) is 23.8. The minimum Gasteiger partial charge on any atom is -0.316 e. The predicted octanol–water partition coefficient (Wildman–Crippen LogP) is 3.55. The first kappa shape index (κ1) is 11.5. The highest BCUT2D eigenvalue weighted by atomic mass is 14.9. The van der Waals surface area contributed by atoms with Gasteiger partial charge >= 0.3 is 0 Å². The van der Waals surface area contributed by atoms with Crippen LogP contribution in [-0.4, -0.2) is 13.1 Å². The molecule has 1 heterocycles. The van der Waals surface area contributed by atoms with Gasteiger partial charge in [-0.25, -0.2) is 0 Å². The highest BCUT2D eigenvalue weighted by Gasteiger charge is 2.27. The van der Waals surface area contributed by atoms with Crippen LogP contribution in [0.2, 0.25) is 0 Å². The lowest BCUT2D eigenvalue weighted by molar-refractivity contribution is 0.404. The average molecular weight is 237 g/mol. The number of piperidine rings is 1. The third kappa shape index (κ3) is 2.32. The van der Waals surface area contributed by atoms with E-state index in [1.807, 2.05) is 0 Å². The molecule has 1 fully saturated rings. The molecule has 0 aromatic heterocycles. The summed E-state index contributed by atoms with van der Waals surface area (Å²) in [5.41, 5.74) is 2.94. The maximum atomic E-state index is 3.53. The van der Waals surface area contributed by atoms with Crippen LogP contribution in [0.15, 0.2) is 60.7 Å². The summed E-state index contributed by atoms with van der Waals surface area (Å²) < 4.78 is 0. The Labute approximate surface area is 109 Å². The van der Waals surface area contributed by atoms with E-state index >= 15 is 0 Å². The molecule has 0 radical (unpaired) electrons. The molecule has 2 atom stereocenters. The molecule has 0 saturated carbocycles. The molecular formula is C17H19N. The van der Waals surface area contributed by atoms with E-state index in [0.29, 0.717) is 11.8 Å². The van der Waals surface area contributed by atoms with Crippen molar-refractivity contribution in [3.8, 4) is 0 Å². The lowest BCUT2D eigenvalue weighted by Crippen LogP contribution is -2.33. The maximum absolute atomic E-state index is 3.53. The van der Waals surface area contributed by atoms with Gasteiger partial charge in [-0.05, 0) is 30.0 Å². The van der Waals surface area contributed by atoms with Crippen molar-refractivity contribution in [1.82, 2.24) is 5.32 Å². The quantitative estimate of drug-likeness (QED) is 0.842.